The van der Waals surface area contributed by atoms with Gasteiger partial charge in [0.25, 0.3) is 0 Å². The third kappa shape index (κ3) is 3.71. The molecule has 0 atom stereocenters. The van der Waals surface area contributed by atoms with E-state index in [4.69, 9.17) is 14.8 Å². The number of hydrogen-bond acceptors (Lipinski definition) is 3. The first kappa shape index (κ1) is 25.5. The number of aromatic nitrogens is 4. The Morgan fingerprint density at radius 1 is 0.674 bits per heavy atom. The topological polar surface area (TPSA) is 44.9 Å². The number of pyridine rings is 1. The highest BCUT2D eigenvalue weighted by Gasteiger charge is 2.48. The maximum atomic E-state index is 6.56. The third-order valence-corrected chi connectivity index (χ3v) is 9.62. The molecule has 5 heteroatoms. The van der Waals surface area contributed by atoms with E-state index in [0.29, 0.717) is 0 Å². The van der Waals surface area contributed by atoms with E-state index in [1.807, 2.05) is 30.6 Å². The summed E-state index contributed by atoms with van der Waals surface area (Å²) in [7, 11) is 0. The minimum atomic E-state index is -0.158. The smallest absolute Gasteiger partial charge is 0.145 e. The van der Waals surface area contributed by atoms with Gasteiger partial charge < -0.3 is 4.74 Å². The van der Waals surface area contributed by atoms with Crippen molar-refractivity contribution in [1.29, 1.82) is 0 Å². The number of nitrogens with zero attached hydrogens (tertiary/aromatic N) is 4. The molecule has 0 fully saturated rings. The second kappa shape index (κ2) is 9.17. The molecule has 0 amide bonds. The number of para-hydroxylation sites is 1. The van der Waals surface area contributed by atoms with Gasteiger partial charge in [-0.2, -0.15) is 5.10 Å². The summed E-state index contributed by atoms with van der Waals surface area (Å²) in [6, 6.07) is 37.8. The molecule has 0 radical (unpaired) electrons. The van der Waals surface area contributed by atoms with Crippen LogP contribution in [0.5, 0.6) is 11.5 Å². The third-order valence-electron chi connectivity index (χ3n) is 9.62. The summed E-state index contributed by atoms with van der Waals surface area (Å²) in [6.07, 6.45) is 3.86. The van der Waals surface area contributed by atoms with E-state index in [1.165, 1.54) is 27.8 Å². The largest absolute Gasteiger partial charge is 0.457 e. The summed E-state index contributed by atoms with van der Waals surface area (Å²) in [5.41, 5.74) is 8.64. The number of benzene rings is 4. The van der Waals surface area contributed by atoms with E-state index in [-0.39, 0.29) is 10.8 Å². The zero-order chi connectivity index (χ0) is 29.3. The zero-order valence-corrected chi connectivity index (χ0v) is 24.7. The number of ether oxygens (including phenoxy) is 1. The van der Waals surface area contributed by atoms with E-state index < -0.39 is 0 Å². The summed E-state index contributed by atoms with van der Waals surface area (Å²) >= 11 is 0. The molecule has 5 nitrogen and oxygen atoms in total. The van der Waals surface area contributed by atoms with Gasteiger partial charge >= 0.3 is 0 Å². The lowest BCUT2D eigenvalue weighted by Crippen LogP contribution is -2.46. The monoisotopic (exact) mass is 560 g/mol. The second-order valence-electron chi connectivity index (χ2n) is 12.4. The molecule has 4 aromatic carbocycles. The van der Waals surface area contributed by atoms with Crippen molar-refractivity contribution in [2.45, 2.75) is 38.5 Å². The second-order valence-corrected chi connectivity index (χ2v) is 12.4. The minimum Gasteiger partial charge on any atom is -0.457 e. The first-order valence-electron chi connectivity index (χ1n) is 14.8. The molecule has 0 unspecified atom stereocenters. The van der Waals surface area contributed by atoms with Gasteiger partial charge in [0, 0.05) is 45.5 Å². The maximum Gasteiger partial charge on any atom is 0.145 e. The fourth-order valence-corrected chi connectivity index (χ4v) is 6.75. The van der Waals surface area contributed by atoms with Crippen LogP contribution in [0.3, 0.4) is 0 Å². The van der Waals surface area contributed by atoms with Gasteiger partial charge in [-0.25, -0.2) is 9.67 Å². The summed E-state index contributed by atoms with van der Waals surface area (Å²) in [5.74, 6) is 1.54. The molecule has 210 valence electrons. The standard InChI is InChI=1S/C38H32N4O/c1-37(2)32-20-19-28(23-34(32)42-35(38(37,3)4)31(24-40-42)25-12-6-5-7-13-25)43-27-15-10-14-26(22-27)41-33-18-9-8-16-29(33)30-17-11-21-39-36(30)41/h5-24H,1-4H3. The molecule has 1 aliphatic heterocycles. The molecular weight excluding hydrogens is 528 g/mol. The lowest BCUT2D eigenvalue weighted by molar-refractivity contribution is 0.275. The molecule has 7 aromatic rings. The molecule has 8 rings (SSSR count). The van der Waals surface area contributed by atoms with Crippen molar-refractivity contribution < 1.29 is 4.74 Å². The van der Waals surface area contributed by atoms with Crippen LogP contribution in [0.1, 0.15) is 39.0 Å². The number of fused-ring (bicyclic) bond motifs is 6. The van der Waals surface area contributed by atoms with Crippen molar-refractivity contribution in [3.8, 4) is 34.0 Å². The highest BCUT2D eigenvalue weighted by Crippen LogP contribution is 2.53. The van der Waals surface area contributed by atoms with E-state index in [1.54, 1.807) is 0 Å². The quantitative estimate of drug-likeness (QED) is 0.215. The Hall–Kier alpha value is -5.16. The van der Waals surface area contributed by atoms with Crippen molar-refractivity contribution in [3.05, 3.63) is 133 Å². The summed E-state index contributed by atoms with van der Waals surface area (Å²) in [4.78, 5) is 4.74. The fourth-order valence-electron chi connectivity index (χ4n) is 6.75. The molecule has 1 aliphatic rings. The minimum absolute atomic E-state index is 0.135. The highest BCUT2D eigenvalue weighted by atomic mass is 16.5. The van der Waals surface area contributed by atoms with E-state index in [0.717, 1.165) is 39.4 Å². The number of rotatable bonds is 4. The zero-order valence-electron chi connectivity index (χ0n) is 24.7. The van der Waals surface area contributed by atoms with Gasteiger partial charge in [-0.1, -0.05) is 88.4 Å². The van der Waals surface area contributed by atoms with Gasteiger partial charge in [-0.05, 0) is 47.5 Å². The predicted octanol–water partition coefficient (Wildman–Crippen LogP) is 9.39. The molecule has 0 spiro atoms. The van der Waals surface area contributed by atoms with Crippen molar-refractivity contribution >= 4 is 21.9 Å². The Labute approximate surface area is 251 Å². The highest BCUT2D eigenvalue weighted by molar-refractivity contribution is 6.07. The van der Waals surface area contributed by atoms with Crippen LogP contribution < -0.4 is 4.74 Å². The predicted molar refractivity (Wildman–Crippen MR) is 174 cm³/mol. The van der Waals surface area contributed by atoms with Crippen LogP contribution in [0, 0.1) is 0 Å². The Bertz CT molecular complexity index is 2110. The molecule has 3 aromatic heterocycles. The first-order chi connectivity index (χ1) is 20.8. The SMILES string of the molecule is CC1(C)c2ccc(Oc3cccc(-n4c5ccccc5c5cccnc54)c3)cc2-n2ncc(-c3ccccc3)c2C1(C)C. The molecule has 0 N–H and O–H groups in total. The molecule has 4 heterocycles. The van der Waals surface area contributed by atoms with Gasteiger partial charge in [-0.3, -0.25) is 4.57 Å². The van der Waals surface area contributed by atoms with Gasteiger partial charge in [-0.15, -0.1) is 0 Å². The van der Waals surface area contributed by atoms with Crippen molar-refractivity contribution in [1.82, 2.24) is 19.3 Å². The molecular formula is C38H32N4O. The average molecular weight is 561 g/mol. The van der Waals surface area contributed by atoms with E-state index in [2.05, 4.69) is 128 Å². The van der Waals surface area contributed by atoms with Crippen LogP contribution in [0.4, 0.5) is 0 Å². The van der Waals surface area contributed by atoms with Crippen LogP contribution in [-0.4, -0.2) is 19.3 Å². The maximum absolute atomic E-state index is 6.56. The average Bonchev–Trinajstić information content (AvgIpc) is 3.62. The van der Waals surface area contributed by atoms with Crippen LogP contribution in [0.15, 0.2) is 122 Å². The van der Waals surface area contributed by atoms with Crippen molar-refractivity contribution in [2.24, 2.45) is 0 Å². The Morgan fingerprint density at radius 3 is 2.30 bits per heavy atom. The summed E-state index contributed by atoms with van der Waals surface area (Å²) in [5, 5.41) is 7.26. The lowest BCUT2D eigenvalue weighted by atomic mass is 9.59. The van der Waals surface area contributed by atoms with Gasteiger partial charge in [0.1, 0.15) is 17.1 Å². The fraction of sp³-hybridized carbons (Fsp3) is 0.158. The summed E-state index contributed by atoms with van der Waals surface area (Å²) in [6.45, 7) is 9.33. The van der Waals surface area contributed by atoms with Gasteiger partial charge in [0.2, 0.25) is 0 Å². The first-order valence-corrected chi connectivity index (χ1v) is 14.8. The molecule has 43 heavy (non-hydrogen) atoms. The Balaban J connectivity index is 1.22. The van der Waals surface area contributed by atoms with Crippen molar-refractivity contribution in [3.63, 3.8) is 0 Å². The van der Waals surface area contributed by atoms with Gasteiger partial charge in [0.05, 0.1) is 28.8 Å². The Morgan fingerprint density at radius 2 is 1.44 bits per heavy atom. The molecule has 0 aliphatic carbocycles. The van der Waals surface area contributed by atoms with Crippen molar-refractivity contribution in [2.75, 3.05) is 0 Å². The molecule has 0 saturated carbocycles. The van der Waals surface area contributed by atoms with Crippen LogP contribution in [0.2, 0.25) is 0 Å². The Kier molecular flexibility index (Phi) is 5.45. The van der Waals surface area contributed by atoms with Gasteiger partial charge in [0.15, 0.2) is 0 Å². The van der Waals surface area contributed by atoms with Crippen LogP contribution in [0.25, 0.3) is 44.4 Å². The lowest BCUT2D eigenvalue weighted by Gasteiger charge is -2.47. The normalized spacial score (nSPS) is 14.9. The molecule has 0 saturated heterocycles. The van der Waals surface area contributed by atoms with Crippen LogP contribution in [-0.2, 0) is 10.8 Å². The summed E-state index contributed by atoms with van der Waals surface area (Å²) < 4.78 is 10.9. The molecule has 0 bridgehead atoms. The van der Waals surface area contributed by atoms with E-state index >= 15 is 0 Å². The number of hydrogen-bond donors (Lipinski definition) is 0. The van der Waals surface area contributed by atoms with E-state index in [9.17, 15) is 0 Å². The van der Waals surface area contributed by atoms with Crippen LogP contribution >= 0.6 is 0 Å².